The molecule has 0 unspecified atom stereocenters. The molecule has 1 amide bonds. The molecule has 1 saturated carbocycles. The van der Waals surface area contributed by atoms with Gasteiger partial charge in [-0.25, -0.2) is 9.87 Å². The molecule has 1 atom stereocenters. The van der Waals surface area contributed by atoms with Gasteiger partial charge in [-0.05, 0) is 56.2 Å². The first kappa shape index (κ1) is 16.0. The van der Waals surface area contributed by atoms with Gasteiger partial charge in [0.2, 0.25) is 0 Å². The summed E-state index contributed by atoms with van der Waals surface area (Å²) in [7, 11) is 0. The Kier molecular flexibility index (Phi) is 4.06. The zero-order chi connectivity index (χ0) is 16.7. The summed E-state index contributed by atoms with van der Waals surface area (Å²) < 4.78 is 20.5. The van der Waals surface area contributed by atoms with Gasteiger partial charge in [0, 0.05) is 36.9 Å². The highest BCUT2D eigenvalue weighted by Gasteiger charge is 2.44. The summed E-state index contributed by atoms with van der Waals surface area (Å²) in [5, 5.41) is 8.73. The maximum atomic E-state index is 14.5. The molecule has 1 saturated heterocycles. The van der Waals surface area contributed by atoms with E-state index in [1.807, 2.05) is 0 Å². The van der Waals surface area contributed by atoms with Crippen molar-refractivity contribution in [3.05, 3.63) is 34.6 Å². The van der Waals surface area contributed by atoms with Crippen LogP contribution in [0.15, 0.2) is 12.1 Å². The highest BCUT2D eigenvalue weighted by Crippen LogP contribution is 2.44. The molecule has 0 bridgehead atoms. The summed E-state index contributed by atoms with van der Waals surface area (Å²) in [5.41, 5.74) is 3.38. The van der Waals surface area contributed by atoms with Gasteiger partial charge in [-0.2, -0.15) is 0 Å². The van der Waals surface area contributed by atoms with Crippen molar-refractivity contribution in [1.82, 2.24) is 10.4 Å². The zero-order valence-corrected chi connectivity index (χ0v) is 13.7. The van der Waals surface area contributed by atoms with Crippen LogP contribution in [0.25, 0.3) is 0 Å². The fourth-order valence-corrected chi connectivity index (χ4v) is 4.38. The van der Waals surface area contributed by atoms with E-state index in [-0.39, 0.29) is 17.0 Å². The summed E-state index contributed by atoms with van der Waals surface area (Å²) in [6, 6.07) is 3.36. The summed E-state index contributed by atoms with van der Waals surface area (Å²) in [6.07, 6.45) is 6.34. The fraction of sp³-hybridized carbons (Fsp3) is 0.611. The van der Waals surface area contributed by atoms with Gasteiger partial charge in [0.1, 0.15) is 5.82 Å². The molecule has 1 aromatic rings. The van der Waals surface area contributed by atoms with E-state index in [1.165, 1.54) is 12.5 Å². The lowest BCUT2D eigenvalue weighted by molar-refractivity contribution is -0.149. The molecule has 4 rings (SSSR count). The van der Waals surface area contributed by atoms with Crippen LogP contribution in [-0.2, 0) is 17.7 Å². The van der Waals surface area contributed by atoms with Crippen LogP contribution in [0.2, 0.25) is 0 Å². The summed E-state index contributed by atoms with van der Waals surface area (Å²) in [5.74, 6) is -1.03. The Morgan fingerprint density at radius 1 is 1.42 bits per heavy atom. The largest absolute Gasteiger partial charge is 0.375 e. The number of hydrogen-bond donors (Lipinski definition) is 2. The van der Waals surface area contributed by atoms with E-state index in [9.17, 15) is 9.18 Å². The van der Waals surface area contributed by atoms with Crippen molar-refractivity contribution in [1.29, 1.82) is 0 Å². The molecule has 6 heteroatoms. The van der Waals surface area contributed by atoms with Gasteiger partial charge in [-0.1, -0.05) is 0 Å². The molecule has 24 heavy (non-hydrogen) atoms. The normalized spacial score (nSPS) is 25.8. The average molecular weight is 334 g/mol. The first-order valence-corrected chi connectivity index (χ1v) is 8.74. The predicted molar refractivity (Wildman–Crippen MR) is 85.3 cm³/mol. The van der Waals surface area contributed by atoms with Gasteiger partial charge in [0.15, 0.2) is 0 Å². The van der Waals surface area contributed by atoms with E-state index >= 15 is 0 Å². The smallest absolute Gasteiger partial charge is 0.274 e. The van der Waals surface area contributed by atoms with Crippen molar-refractivity contribution in [2.45, 2.75) is 56.7 Å². The maximum Gasteiger partial charge on any atom is 0.274 e. The lowest BCUT2D eigenvalue weighted by Gasteiger charge is -2.50. The molecule has 2 heterocycles. The number of ether oxygens (including phenoxy) is 1. The van der Waals surface area contributed by atoms with Crippen LogP contribution in [-0.4, -0.2) is 40.8 Å². The molecular formula is C18H23FN2O3. The highest BCUT2D eigenvalue weighted by atomic mass is 19.1. The second-order valence-electron chi connectivity index (χ2n) is 7.29. The Balaban J connectivity index is 1.52. The quantitative estimate of drug-likeness (QED) is 0.644. The third-order valence-corrected chi connectivity index (χ3v) is 5.93. The number of hydrogen-bond acceptors (Lipinski definition) is 4. The van der Waals surface area contributed by atoms with Crippen molar-refractivity contribution in [3.8, 4) is 0 Å². The standard InChI is InChI=1S/C18H23FN2O3/c19-16-9-13(17(22)20-23)8-12-2-6-21(11-15(12)16)14-3-7-24-18(10-14)4-1-5-18/h8-9,14,23H,1-7,10-11H2,(H,20,22)/t14-/m1/s1. The Bertz CT molecular complexity index is 660. The van der Waals surface area contributed by atoms with Gasteiger partial charge >= 0.3 is 0 Å². The Morgan fingerprint density at radius 2 is 2.25 bits per heavy atom. The summed E-state index contributed by atoms with van der Waals surface area (Å²) in [6.45, 7) is 2.26. The van der Waals surface area contributed by atoms with Gasteiger partial charge in [0.25, 0.3) is 5.91 Å². The number of carbonyl (C=O) groups is 1. The lowest BCUT2D eigenvalue weighted by Crippen LogP contribution is -2.53. The van der Waals surface area contributed by atoms with Crippen molar-refractivity contribution < 1.29 is 19.1 Å². The second kappa shape index (κ2) is 6.10. The van der Waals surface area contributed by atoms with Gasteiger partial charge in [0.05, 0.1) is 5.60 Å². The van der Waals surface area contributed by atoms with E-state index in [2.05, 4.69) is 4.90 Å². The zero-order valence-electron chi connectivity index (χ0n) is 13.7. The summed E-state index contributed by atoms with van der Waals surface area (Å²) in [4.78, 5) is 13.9. The van der Waals surface area contributed by atoms with Crippen LogP contribution in [0.4, 0.5) is 4.39 Å². The molecule has 1 aromatic carbocycles. The maximum absolute atomic E-state index is 14.5. The summed E-state index contributed by atoms with van der Waals surface area (Å²) >= 11 is 0. The number of benzene rings is 1. The fourth-order valence-electron chi connectivity index (χ4n) is 4.38. The first-order valence-electron chi connectivity index (χ1n) is 8.74. The lowest BCUT2D eigenvalue weighted by atomic mass is 9.73. The minimum Gasteiger partial charge on any atom is -0.375 e. The monoisotopic (exact) mass is 334 g/mol. The Hall–Kier alpha value is -1.50. The molecule has 2 N–H and O–H groups in total. The number of carbonyl (C=O) groups excluding carboxylic acids is 1. The van der Waals surface area contributed by atoms with Crippen LogP contribution < -0.4 is 5.48 Å². The van der Waals surface area contributed by atoms with E-state index < -0.39 is 5.91 Å². The molecule has 130 valence electrons. The minimum atomic E-state index is -0.671. The molecule has 2 aliphatic heterocycles. The molecule has 1 aliphatic carbocycles. The molecule has 0 radical (unpaired) electrons. The van der Waals surface area contributed by atoms with Gasteiger partial charge < -0.3 is 4.74 Å². The third kappa shape index (κ3) is 2.72. The third-order valence-electron chi connectivity index (χ3n) is 5.93. The molecule has 2 fully saturated rings. The van der Waals surface area contributed by atoms with Crippen LogP contribution in [0.5, 0.6) is 0 Å². The predicted octanol–water partition coefficient (Wildman–Crippen LogP) is 2.40. The molecule has 1 spiro atoms. The number of rotatable bonds is 2. The second-order valence-corrected chi connectivity index (χ2v) is 7.29. The first-order chi connectivity index (χ1) is 11.6. The van der Waals surface area contributed by atoms with Crippen LogP contribution in [0, 0.1) is 5.82 Å². The van der Waals surface area contributed by atoms with E-state index in [0.717, 1.165) is 50.8 Å². The van der Waals surface area contributed by atoms with E-state index in [0.29, 0.717) is 18.2 Å². The van der Waals surface area contributed by atoms with Crippen LogP contribution >= 0.6 is 0 Å². The number of halogens is 1. The number of hydroxylamine groups is 1. The average Bonchev–Trinajstić information content (AvgIpc) is 2.59. The molecule has 3 aliphatic rings. The minimum absolute atomic E-state index is 0.0881. The molecular weight excluding hydrogens is 311 g/mol. The SMILES string of the molecule is O=C(NO)c1cc(F)c2c(c1)CCN([C@@H]1CCOC3(CCC3)C1)C2. The molecule has 0 aromatic heterocycles. The van der Waals surface area contributed by atoms with Crippen molar-refractivity contribution in [3.63, 3.8) is 0 Å². The number of nitrogens with zero attached hydrogens (tertiary/aromatic N) is 1. The topological polar surface area (TPSA) is 61.8 Å². The van der Waals surface area contributed by atoms with Crippen molar-refractivity contribution >= 4 is 5.91 Å². The van der Waals surface area contributed by atoms with E-state index in [1.54, 1.807) is 11.5 Å². The number of nitrogens with one attached hydrogen (secondary N) is 1. The number of fused-ring (bicyclic) bond motifs is 1. The Morgan fingerprint density at radius 3 is 2.96 bits per heavy atom. The number of amides is 1. The van der Waals surface area contributed by atoms with Gasteiger partial charge in [-0.3, -0.25) is 14.9 Å². The van der Waals surface area contributed by atoms with Crippen molar-refractivity contribution in [2.24, 2.45) is 0 Å². The van der Waals surface area contributed by atoms with Gasteiger partial charge in [-0.15, -0.1) is 0 Å². The van der Waals surface area contributed by atoms with E-state index in [4.69, 9.17) is 9.94 Å². The van der Waals surface area contributed by atoms with Crippen LogP contribution in [0.3, 0.4) is 0 Å². The highest BCUT2D eigenvalue weighted by molar-refractivity contribution is 5.93. The van der Waals surface area contributed by atoms with Crippen LogP contribution in [0.1, 0.15) is 53.6 Å². The Labute approximate surface area is 140 Å². The van der Waals surface area contributed by atoms with Crippen molar-refractivity contribution in [2.75, 3.05) is 13.2 Å². The molecule has 5 nitrogen and oxygen atoms in total.